The van der Waals surface area contributed by atoms with Gasteiger partial charge in [-0.3, -0.25) is 9.59 Å². The fraction of sp³-hybridized carbons (Fsp3) is 0.333. The lowest BCUT2D eigenvalue weighted by Crippen LogP contribution is -2.42. The van der Waals surface area contributed by atoms with Gasteiger partial charge in [0.15, 0.2) is 6.10 Å². The zero-order valence-electron chi connectivity index (χ0n) is 11.4. The zero-order valence-corrected chi connectivity index (χ0v) is 12.9. The molecular formula is C12H15ClN2O5S. The minimum absolute atomic E-state index is 0.0856. The van der Waals surface area contributed by atoms with Gasteiger partial charge in [0.1, 0.15) is 6.04 Å². The fourth-order valence-electron chi connectivity index (χ4n) is 1.32. The second kappa shape index (κ2) is 6.88. The predicted octanol–water partition coefficient (Wildman–Crippen LogP) is 0.424. The molecular weight excluding hydrogens is 320 g/mol. The molecule has 1 aromatic rings. The van der Waals surface area contributed by atoms with Gasteiger partial charge in [0.2, 0.25) is 10.0 Å². The van der Waals surface area contributed by atoms with E-state index in [2.05, 4.69) is 4.72 Å². The van der Waals surface area contributed by atoms with Crippen LogP contribution < -0.4 is 10.5 Å². The molecule has 1 rings (SSSR count). The summed E-state index contributed by atoms with van der Waals surface area (Å²) < 4.78 is 30.9. The van der Waals surface area contributed by atoms with Crippen LogP contribution in [0.15, 0.2) is 29.2 Å². The molecule has 21 heavy (non-hydrogen) atoms. The van der Waals surface area contributed by atoms with E-state index in [0.29, 0.717) is 0 Å². The van der Waals surface area contributed by atoms with E-state index in [1.165, 1.54) is 38.1 Å². The molecule has 9 heteroatoms. The molecule has 0 fully saturated rings. The smallest absolute Gasteiger partial charge is 0.324 e. The van der Waals surface area contributed by atoms with Gasteiger partial charge in [-0.25, -0.2) is 8.42 Å². The van der Waals surface area contributed by atoms with Crippen molar-refractivity contribution in [1.82, 2.24) is 4.72 Å². The number of hydrogen-bond acceptors (Lipinski definition) is 5. The lowest BCUT2D eigenvalue weighted by Gasteiger charge is -2.16. The summed E-state index contributed by atoms with van der Waals surface area (Å²) in [4.78, 5) is 22.4. The Bertz CT molecular complexity index is 647. The summed E-state index contributed by atoms with van der Waals surface area (Å²) >= 11 is 5.72. The first kappa shape index (κ1) is 17.4. The minimum Gasteiger partial charge on any atom is -0.451 e. The highest BCUT2D eigenvalue weighted by atomic mass is 35.5. The number of carbonyl (C=O) groups excluding carboxylic acids is 2. The summed E-state index contributed by atoms with van der Waals surface area (Å²) in [5.74, 6) is -1.74. The zero-order chi connectivity index (χ0) is 16.2. The molecule has 0 heterocycles. The number of esters is 1. The van der Waals surface area contributed by atoms with Crippen molar-refractivity contribution in [2.24, 2.45) is 5.73 Å². The van der Waals surface area contributed by atoms with E-state index >= 15 is 0 Å². The molecule has 0 aliphatic heterocycles. The van der Waals surface area contributed by atoms with Gasteiger partial charge in [0.25, 0.3) is 5.91 Å². The van der Waals surface area contributed by atoms with Crippen molar-refractivity contribution >= 4 is 33.5 Å². The number of carbonyl (C=O) groups is 2. The summed E-state index contributed by atoms with van der Waals surface area (Å²) in [6.07, 6.45) is -1.14. The molecule has 7 nitrogen and oxygen atoms in total. The van der Waals surface area contributed by atoms with Gasteiger partial charge in [0.05, 0.1) is 4.90 Å². The van der Waals surface area contributed by atoms with Crippen molar-refractivity contribution < 1.29 is 22.7 Å². The molecule has 116 valence electrons. The highest BCUT2D eigenvalue weighted by Crippen LogP contribution is 2.15. The SMILES string of the molecule is C[C@H](NS(=O)(=O)c1cccc(Cl)c1)C(=O)O[C@@H](C)C(N)=O. The first-order valence-electron chi connectivity index (χ1n) is 5.91. The number of sulfonamides is 1. The highest BCUT2D eigenvalue weighted by molar-refractivity contribution is 7.89. The maximum absolute atomic E-state index is 12.0. The topological polar surface area (TPSA) is 116 Å². The molecule has 0 radical (unpaired) electrons. The number of hydrogen-bond donors (Lipinski definition) is 2. The molecule has 1 amide bonds. The van der Waals surface area contributed by atoms with Crippen molar-refractivity contribution in [2.75, 3.05) is 0 Å². The molecule has 0 saturated carbocycles. The average Bonchev–Trinajstić information content (AvgIpc) is 2.37. The van der Waals surface area contributed by atoms with Crippen LogP contribution in [0.3, 0.4) is 0 Å². The normalized spacial score (nSPS) is 14.2. The van der Waals surface area contributed by atoms with E-state index in [-0.39, 0.29) is 9.92 Å². The van der Waals surface area contributed by atoms with Gasteiger partial charge in [0, 0.05) is 5.02 Å². The van der Waals surface area contributed by atoms with E-state index in [4.69, 9.17) is 22.1 Å². The number of rotatable bonds is 6. The number of benzene rings is 1. The molecule has 1 aromatic carbocycles. The Kier molecular flexibility index (Phi) is 5.70. The van der Waals surface area contributed by atoms with Crippen LogP contribution in [0.4, 0.5) is 0 Å². The van der Waals surface area contributed by atoms with Crippen molar-refractivity contribution in [3.05, 3.63) is 29.3 Å². The lowest BCUT2D eigenvalue weighted by molar-refractivity contribution is -0.155. The van der Waals surface area contributed by atoms with Gasteiger partial charge < -0.3 is 10.5 Å². The fourth-order valence-corrected chi connectivity index (χ4v) is 2.81. The second-order valence-electron chi connectivity index (χ2n) is 4.28. The van der Waals surface area contributed by atoms with E-state index in [1.807, 2.05) is 0 Å². The van der Waals surface area contributed by atoms with Gasteiger partial charge in [-0.1, -0.05) is 17.7 Å². The Balaban J connectivity index is 2.80. The Hall–Kier alpha value is -1.64. The molecule has 0 spiro atoms. The van der Waals surface area contributed by atoms with E-state index in [1.54, 1.807) is 0 Å². The Morgan fingerprint density at radius 1 is 1.33 bits per heavy atom. The monoisotopic (exact) mass is 334 g/mol. The first-order valence-corrected chi connectivity index (χ1v) is 7.77. The van der Waals surface area contributed by atoms with Crippen molar-refractivity contribution in [1.29, 1.82) is 0 Å². The first-order chi connectivity index (χ1) is 9.63. The summed E-state index contributed by atoms with van der Waals surface area (Å²) in [7, 11) is -3.93. The number of amides is 1. The summed E-state index contributed by atoms with van der Waals surface area (Å²) in [6, 6.07) is 4.38. The van der Waals surface area contributed by atoms with Gasteiger partial charge in [-0.2, -0.15) is 4.72 Å². The predicted molar refractivity (Wildman–Crippen MR) is 76.0 cm³/mol. The van der Waals surface area contributed by atoms with Crippen LogP contribution in [0.1, 0.15) is 13.8 Å². The molecule has 0 unspecified atom stereocenters. The Morgan fingerprint density at radius 2 is 1.95 bits per heavy atom. The summed E-state index contributed by atoms with van der Waals surface area (Å²) in [5, 5.41) is 0.246. The quantitative estimate of drug-likeness (QED) is 0.732. The number of nitrogens with one attached hydrogen (secondary N) is 1. The van der Waals surface area contributed by atoms with Crippen molar-refractivity contribution in [3.8, 4) is 0 Å². The van der Waals surface area contributed by atoms with Crippen molar-refractivity contribution in [3.63, 3.8) is 0 Å². The van der Waals surface area contributed by atoms with E-state index in [9.17, 15) is 18.0 Å². The van der Waals surface area contributed by atoms with E-state index in [0.717, 1.165) is 0 Å². The van der Waals surface area contributed by atoms with E-state index < -0.39 is 34.0 Å². The number of nitrogens with two attached hydrogens (primary N) is 1. The van der Waals surface area contributed by atoms with Crippen LogP contribution in [-0.4, -0.2) is 32.4 Å². The minimum atomic E-state index is -3.93. The molecule has 3 N–H and O–H groups in total. The third kappa shape index (κ3) is 5.00. The third-order valence-electron chi connectivity index (χ3n) is 2.49. The van der Waals surface area contributed by atoms with Crippen molar-refractivity contribution in [2.45, 2.75) is 30.9 Å². The van der Waals surface area contributed by atoms with Crippen LogP contribution in [0.2, 0.25) is 5.02 Å². The Morgan fingerprint density at radius 3 is 2.48 bits per heavy atom. The third-order valence-corrected chi connectivity index (χ3v) is 4.26. The highest BCUT2D eigenvalue weighted by Gasteiger charge is 2.25. The summed E-state index contributed by atoms with van der Waals surface area (Å²) in [5.41, 5.74) is 4.95. The maximum atomic E-state index is 12.0. The van der Waals surface area contributed by atoms with Crippen LogP contribution >= 0.6 is 11.6 Å². The number of primary amides is 1. The molecule has 0 saturated heterocycles. The summed E-state index contributed by atoms with van der Waals surface area (Å²) in [6.45, 7) is 2.58. The van der Waals surface area contributed by atoms with Gasteiger partial charge >= 0.3 is 5.97 Å². The second-order valence-corrected chi connectivity index (χ2v) is 6.43. The Labute approximate surface area is 127 Å². The lowest BCUT2D eigenvalue weighted by atomic mass is 10.3. The molecule has 0 bridgehead atoms. The van der Waals surface area contributed by atoms with Crippen LogP contribution in [0.25, 0.3) is 0 Å². The van der Waals surface area contributed by atoms with Crippen LogP contribution in [-0.2, 0) is 24.3 Å². The van der Waals surface area contributed by atoms with Crippen LogP contribution in [0.5, 0.6) is 0 Å². The largest absolute Gasteiger partial charge is 0.451 e. The molecule has 0 aromatic heterocycles. The van der Waals surface area contributed by atoms with Gasteiger partial charge in [-0.05, 0) is 32.0 Å². The number of halogens is 1. The number of ether oxygens (including phenoxy) is 1. The maximum Gasteiger partial charge on any atom is 0.324 e. The molecule has 2 atom stereocenters. The molecule has 0 aliphatic rings. The van der Waals surface area contributed by atoms with Gasteiger partial charge in [-0.15, -0.1) is 0 Å². The standard InChI is InChI=1S/C12H15ClN2O5S/c1-7(12(17)20-8(2)11(14)16)15-21(18,19)10-5-3-4-9(13)6-10/h3-8,15H,1-2H3,(H2,14,16)/t7-,8-/m0/s1. The molecule has 0 aliphatic carbocycles. The van der Waals surface area contributed by atoms with Crippen LogP contribution in [0, 0.1) is 0 Å². The average molecular weight is 335 g/mol.